The van der Waals surface area contributed by atoms with Gasteiger partial charge >= 0.3 is 0 Å². The summed E-state index contributed by atoms with van der Waals surface area (Å²) in [5, 5.41) is 12.1. The summed E-state index contributed by atoms with van der Waals surface area (Å²) in [7, 11) is 0. The zero-order chi connectivity index (χ0) is 17.1. The summed E-state index contributed by atoms with van der Waals surface area (Å²) in [6.45, 7) is 0. The fourth-order valence-electron chi connectivity index (χ4n) is 2.14. The Kier molecular flexibility index (Phi) is 4.26. The lowest BCUT2D eigenvalue weighted by atomic mass is 10.1. The summed E-state index contributed by atoms with van der Waals surface area (Å²) in [6.07, 6.45) is 1.38. The maximum atomic E-state index is 12.4. The third-order valence-electron chi connectivity index (χ3n) is 3.41. The van der Waals surface area contributed by atoms with Gasteiger partial charge in [0.05, 0.1) is 16.9 Å². The standard InChI is InChI=1S/C17H15N5OS/c18-12-5-3-10(15-2-1-7-24-15)8-14(12)22-17(23)11-4-6-13(16(19)20)21-9-11/h1-9H,18H2,(H3,19,20)(H,22,23). The molecule has 0 aliphatic heterocycles. The summed E-state index contributed by atoms with van der Waals surface area (Å²) in [6, 6.07) is 12.6. The third-order valence-corrected chi connectivity index (χ3v) is 4.33. The molecule has 1 amide bonds. The fourth-order valence-corrected chi connectivity index (χ4v) is 2.87. The van der Waals surface area contributed by atoms with Crippen molar-refractivity contribution >= 4 is 34.5 Å². The van der Waals surface area contributed by atoms with E-state index in [1.54, 1.807) is 23.5 Å². The van der Waals surface area contributed by atoms with E-state index in [-0.39, 0.29) is 11.7 Å². The van der Waals surface area contributed by atoms with Gasteiger partial charge in [-0.15, -0.1) is 11.3 Å². The Balaban J connectivity index is 1.83. The molecule has 24 heavy (non-hydrogen) atoms. The predicted octanol–water partition coefficient (Wildman–Crippen LogP) is 2.93. The highest BCUT2D eigenvalue weighted by Gasteiger charge is 2.11. The zero-order valence-corrected chi connectivity index (χ0v) is 13.4. The molecule has 2 heterocycles. The van der Waals surface area contributed by atoms with Crippen molar-refractivity contribution in [3.63, 3.8) is 0 Å². The Morgan fingerprint density at radius 1 is 1.21 bits per heavy atom. The number of amidine groups is 1. The Morgan fingerprint density at radius 2 is 2.04 bits per heavy atom. The second-order valence-corrected chi connectivity index (χ2v) is 6.03. The van der Waals surface area contributed by atoms with Crippen LogP contribution in [0.1, 0.15) is 16.1 Å². The lowest BCUT2D eigenvalue weighted by Crippen LogP contribution is -2.16. The average molecular weight is 337 g/mol. The van der Waals surface area contributed by atoms with Crippen molar-refractivity contribution < 1.29 is 4.79 Å². The molecule has 0 fully saturated rings. The van der Waals surface area contributed by atoms with Crippen molar-refractivity contribution in [2.24, 2.45) is 5.73 Å². The molecule has 0 aliphatic carbocycles. The number of carbonyl (C=O) groups excluding carboxylic acids is 1. The number of nitrogens with one attached hydrogen (secondary N) is 2. The van der Waals surface area contributed by atoms with Crippen LogP contribution in [0.25, 0.3) is 10.4 Å². The first-order valence-corrected chi connectivity index (χ1v) is 7.98. The van der Waals surface area contributed by atoms with E-state index >= 15 is 0 Å². The van der Waals surface area contributed by atoms with Crippen molar-refractivity contribution in [1.29, 1.82) is 5.41 Å². The maximum Gasteiger partial charge on any atom is 0.257 e. The summed E-state index contributed by atoms with van der Waals surface area (Å²) in [5.74, 6) is -0.470. The van der Waals surface area contributed by atoms with Crippen LogP contribution in [0.2, 0.25) is 0 Å². The topological polar surface area (TPSA) is 118 Å². The maximum absolute atomic E-state index is 12.4. The van der Waals surface area contributed by atoms with Crippen LogP contribution in [-0.2, 0) is 0 Å². The molecule has 7 heteroatoms. The molecule has 1 aromatic carbocycles. The molecule has 0 bridgehead atoms. The molecule has 0 saturated heterocycles. The Labute approximate surface area is 142 Å². The number of carbonyl (C=O) groups is 1. The van der Waals surface area contributed by atoms with Gasteiger partial charge in [0.2, 0.25) is 0 Å². The minimum atomic E-state index is -0.326. The molecule has 0 saturated carbocycles. The van der Waals surface area contributed by atoms with Gasteiger partial charge in [-0.2, -0.15) is 0 Å². The van der Waals surface area contributed by atoms with Crippen LogP contribution in [0.3, 0.4) is 0 Å². The number of nitrogens with zero attached hydrogens (tertiary/aromatic N) is 1. The van der Waals surface area contributed by atoms with E-state index in [4.69, 9.17) is 16.9 Å². The van der Waals surface area contributed by atoms with Crippen LogP contribution >= 0.6 is 11.3 Å². The van der Waals surface area contributed by atoms with Gasteiger partial charge in [0.25, 0.3) is 5.91 Å². The first-order valence-electron chi connectivity index (χ1n) is 7.10. The first kappa shape index (κ1) is 15.7. The lowest BCUT2D eigenvalue weighted by molar-refractivity contribution is 0.102. The van der Waals surface area contributed by atoms with Gasteiger partial charge < -0.3 is 16.8 Å². The second kappa shape index (κ2) is 6.51. The molecular weight excluding hydrogens is 322 g/mol. The number of pyridine rings is 1. The molecule has 120 valence electrons. The molecule has 6 nitrogen and oxygen atoms in total. The molecule has 0 unspecified atom stereocenters. The highest BCUT2D eigenvalue weighted by Crippen LogP contribution is 2.30. The molecule has 0 atom stereocenters. The van der Waals surface area contributed by atoms with Crippen molar-refractivity contribution in [1.82, 2.24) is 4.98 Å². The number of rotatable bonds is 4. The van der Waals surface area contributed by atoms with E-state index in [1.165, 1.54) is 12.3 Å². The van der Waals surface area contributed by atoms with Gasteiger partial charge in [-0.25, -0.2) is 0 Å². The second-order valence-electron chi connectivity index (χ2n) is 5.08. The number of benzene rings is 1. The van der Waals surface area contributed by atoms with Crippen LogP contribution < -0.4 is 16.8 Å². The van der Waals surface area contributed by atoms with Crippen LogP contribution in [0, 0.1) is 5.41 Å². The minimum Gasteiger partial charge on any atom is -0.397 e. The van der Waals surface area contributed by atoms with E-state index in [0.717, 1.165) is 10.4 Å². The fraction of sp³-hybridized carbons (Fsp3) is 0. The summed E-state index contributed by atoms with van der Waals surface area (Å²) in [5.41, 5.74) is 14.0. The van der Waals surface area contributed by atoms with Crippen molar-refractivity contribution in [2.45, 2.75) is 0 Å². The van der Waals surface area contributed by atoms with Gasteiger partial charge in [0, 0.05) is 11.1 Å². The predicted molar refractivity (Wildman–Crippen MR) is 97.4 cm³/mol. The number of hydrogen-bond acceptors (Lipinski definition) is 5. The molecule has 0 radical (unpaired) electrons. The highest BCUT2D eigenvalue weighted by molar-refractivity contribution is 7.13. The summed E-state index contributed by atoms with van der Waals surface area (Å²) < 4.78 is 0. The number of nitrogens with two attached hydrogens (primary N) is 2. The number of thiophene rings is 1. The lowest BCUT2D eigenvalue weighted by Gasteiger charge is -2.10. The Morgan fingerprint density at radius 3 is 2.67 bits per heavy atom. The van der Waals surface area contributed by atoms with E-state index in [2.05, 4.69) is 10.3 Å². The number of nitrogen functional groups attached to an aromatic ring is 2. The summed E-state index contributed by atoms with van der Waals surface area (Å²) in [4.78, 5) is 17.4. The largest absolute Gasteiger partial charge is 0.397 e. The van der Waals surface area contributed by atoms with Crippen molar-refractivity contribution in [3.05, 3.63) is 65.3 Å². The monoisotopic (exact) mass is 337 g/mol. The van der Waals surface area contributed by atoms with Crippen LogP contribution in [0.15, 0.2) is 54.0 Å². The number of hydrogen-bond donors (Lipinski definition) is 4. The number of aromatic nitrogens is 1. The average Bonchev–Trinajstić information content (AvgIpc) is 3.11. The normalized spacial score (nSPS) is 10.3. The zero-order valence-electron chi connectivity index (χ0n) is 12.6. The van der Waals surface area contributed by atoms with E-state index in [0.29, 0.717) is 22.6 Å². The summed E-state index contributed by atoms with van der Waals surface area (Å²) >= 11 is 1.61. The molecule has 0 spiro atoms. The number of anilines is 2. The Bertz CT molecular complexity index is 888. The van der Waals surface area contributed by atoms with E-state index < -0.39 is 0 Å². The minimum absolute atomic E-state index is 0.144. The molecule has 2 aromatic heterocycles. The van der Waals surface area contributed by atoms with Crippen molar-refractivity contribution in [3.8, 4) is 10.4 Å². The van der Waals surface area contributed by atoms with Gasteiger partial charge in [0.1, 0.15) is 11.5 Å². The van der Waals surface area contributed by atoms with Crippen LogP contribution in [0.4, 0.5) is 11.4 Å². The van der Waals surface area contributed by atoms with E-state index in [1.807, 2.05) is 29.6 Å². The van der Waals surface area contributed by atoms with Crippen LogP contribution in [-0.4, -0.2) is 16.7 Å². The van der Waals surface area contributed by atoms with Crippen molar-refractivity contribution in [2.75, 3.05) is 11.1 Å². The van der Waals surface area contributed by atoms with Gasteiger partial charge in [-0.1, -0.05) is 12.1 Å². The molecule has 0 aliphatic rings. The SMILES string of the molecule is N=C(N)c1ccc(C(=O)Nc2cc(-c3cccs3)ccc2N)cn1. The number of amides is 1. The van der Waals surface area contributed by atoms with Crippen LogP contribution in [0.5, 0.6) is 0 Å². The smallest absolute Gasteiger partial charge is 0.257 e. The highest BCUT2D eigenvalue weighted by atomic mass is 32.1. The van der Waals surface area contributed by atoms with Gasteiger partial charge in [-0.3, -0.25) is 15.2 Å². The van der Waals surface area contributed by atoms with E-state index in [9.17, 15) is 4.79 Å². The molecule has 3 aromatic rings. The van der Waals surface area contributed by atoms with Gasteiger partial charge in [-0.05, 0) is 41.3 Å². The van der Waals surface area contributed by atoms with Gasteiger partial charge in [0.15, 0.2) is 0 Å². The first-order chi connectivity index (χ1) is 11.5. The third kappa shape index (κ3) is 3.26. The molecular formula is C17H15N5OS. The molecule has 3 rings (SSSR count). The quantitative estimate of drug-likeness (QED) is 0.332. The molecule has 6 N–H and O–H groups in total. The Hall–Kier alpha value is -3.19.